The lowest BCUT2D eigenvalue weighted by atomic mass is 9.70. The largest absolute Gasteiger partial charge is 0.481 e. The third-order valence-corrected chi connectivity index (χ3v) is 6.82. The monoisotopic (exact) mass is 477 g/mol. The molecule has 180 valence electrons. The summed E-state index contributed by atoms with van der Waals surface area (Å²) in [6.07, 6.45) is 0. The normalized spacial score (nSPS) is 17.4. The molecule has 5 rings (SSSR count). The molecule has 1 aliphatic heterocycles. The van der Waals surface area contributed by atoms with Gasteiger partial charge in [0.05, 0.1) is 19.3 Å². The van der Waals surface area contributed by atoms with Crippen LogP contribution in [0.15, 0.2) is 121 Å². The molecule has 2 atom stereocenters. The Morgan fingerprint density at radius 1 is 0.722 bits per heavy atom. The summed E-state index contributed by atoms with van der Waals surface area (Å²) in [7, 11) is 0. The van der Waals surface area contributed by atoms with E-state index in [0.29, 0.717) is 6.61 Å². The molecule has 4 aromatic carbocycles. The fourth-order valence-electron chi connectivity index (χ4n) is 5.23. The summed E-state index contributed by atoms with van der Waals surface area (Å²) in [5.74, 6) is -2.73. The van der Waals surface area contributed by atoms with Crippen molar-refractivity contribution in [1.29, 1.82) is 0 Å². The van der Waals surface area contributed by atoms with Crippen LogP contribution in [-0.4, -0.2) is 34.5 Å². The first-order valence-electron chi connectivity index (χ1n) is 12.0. The third kappa shape index (κ3) is 4.08. The average Bonchev–Trinajstić information content (AvgIpc) is 2.93. The summed E-state index contributed by atoms with van der Waals surface area (Å²) in [6.45, 7) is 0.437. The maximum absolute atomic E-state index is 13.7. The van der Waals surface area contributed by atoms with Crippen molar-refractivity contribution < 1.29 is 19.4 Å². The van der Waals surface area contributed by atoms with Crippen molar-refractivity contribution in [2.75, 3.05) is 6.61 Å². The smallest absolute Gasteiger partial charge is 0.318 e. The van der Waals surface area contributed by atoms with E-state index in [1.807, 2.05) is 121 Å². The lowest BCUT2D eigenvalue weighted by molar-refractivity contribution is -0.181. The van der Waals surface area contributed by atoms with E-state index in [4.69, 9.17) is 4.74 Å². The van der Waals surface area contributed by atoms with Crippen molar-refractivity contribution in [2.24, 2.45) is 5.92 Å². The number of nitrogens with zero attached hydrogens (tertiary/aromatic N) is 1. The van der Waals surface area contributed by atoms with Crippen molar-refractivity contribution in [3.05, 3.63) is 144 Å². The van der Waals surface area contributed by atoms with Crippen LogP contribution in [0.5, 0.6) is 0 Å². The molecule has 0 unspecified atom stereocenters. The van der Waals surface area contributed by atoms with Gasteiger partial charge in [-0.05, 0) is 22.3 Å². The summed E-state index contributed by atoms with van der Waals surface area (Å²) in [6, 6.07) is 38.4. The number of hydrogen-bond acceptors (Lipinski definition) is 3. The van der Waals surface area contributed by atoms with Gasteiger partial charge in [0.1, 0.15) is 5.54 Å². The Morgan fingerprint density at radius 2 is 1.14 bits per heavy atom. The molecule has 36 heavy (non-hydrogen) atoms. The predicted molar refractivity (Wildman–Crippen MR) is 137 cm³/mol. The number of amides is 1. The van der Waals surface area contributed by atoms with E-state index in [1.165, 1.54) is 0 Å². The molecule has 0 radical (unpaired) electrons. The van der Waals surface area contributed by atoms with Gasteiger partial charge in [0, 0.05) is 0 Å². The Labute approximate surface area is 210 Å². The minimum Gasteiger partial charge on any atom is -0.481 e. The number of carbonyl (C=O) groups excluding carboxylic acids is 1. The highest BCUT2D eigenvalue weighted by Crippen LogP contribution is 2.49. The molecule has 0 spiro atoms. The van der Waals surface area contributed by atoms with Gasteiger partial charge in [-0.15, -0.1) is 0 Å². The van der Waals surface area contributed by atoms with Crippen molar-refractivity contribution in [1.82, 2.24) is 4.90 Å². The Bertz CT molecular complexity index is 1210. The highest BCUT2D eigenvalue weighted by molar-refractivity contribution is 6.04. The van der Waals surface area contributed by atoms with Gasteiger partial charge < -0.3 is 14.7 Å². The van der Waals surface area contributed by atoms with Gasteiger partial charge in [-0.25, -0.2) is 0 Å². The van der Waals surface area contributed by atoms with Crippen molar-refractivity contribution in [2.45, 2.75) is 18.2 Å². The number of carboxylic acid groups (broad SMARTS) is 1. The van der Waals surface area contributed by atoms with Gasteiger partial charge in [0.25, 0.3) is 0 Å². The zero-order chi connectivity index (χ0) is 25.0. The van der Waals surface area contributed by atoms with Crippen molar-refractivity contribution in [3.63, 3.8) is 0 Å². The number of β-lactam (4-membered cyclic amide) rings is 1. The SMILES string of the molecule is O=C(O)[C@@H]1C(=O)N(C(c2ccccc2)(c2ccccc2)c2ccccc2)[C@H]1COCc1ccccc1. The molecule has 0 bridgehead atoms. The van der Waals surface area contributed by atoms with E-state index in [2.05, 4.69) is 0 Å². The van der Waals surface area contributed by atoms with Gasteiger partial charge >= 0.3 is 5.97 Å². The topological polar surface area (TPSA) is 66.8 Å². The average molecular weight is 478 g/mol. The molecular formula is C31H27NO4. The number of carbonyl (C=O) groups is 2. The van der Waals surface area contributed by atoms with Crippen LogP contribution in [0.4, 0.5) is 0 Å². The number of carboxylic acids is 1. The van der Waals surface area contributed by atoms with Crippen LogP contribution in [0, 0.1) is 5.92 Å². The predicted octanol–water partition coefficient (Wildman–Crippen LogP) is 5.11. The first-order valence-corrected chi connectivity index (χ1v) is 12.0. The summed E-state index contributed by atoms with van der Waals surface area (Å²) >= 11 is 0. The molecule has 1 saturated heterocycles. The number of ether oxygens (including phenoxy) is 1. The highest BCUT2D eigenvalue weighted by atomic mass is 16.5. The van der Waals surface area contributed by atoms with Crippen molar-refractivity contribution in [3.8, 4) is 0 Å². The molecule has 5 heteroatoms. The molecule has 1 aliphatic rings. The fraction of sp³-hybridized carbons (Fsp3) is 0.161. The third-order valence-electron chi connectivity index (χ3n) is 6.82. The molecule has 4 aromatic rings. The van der Waals surface area contributed by atoms with E-state index in [-0.39, 0.29) is 6.61 Å². The second-order valence-corrected chi connectivity index (χ2v) is 8.90. The van der Waals surface area contributed by atoms with E-state index < -0.39 is 29.4 Å². The zero-order valence-electron chi connectivity index (χ0n) is 19.7. The lowest BCUT2D eigenvalue weighted by Gasteiger charge is -2.56. The highest BCUT2D eigenvalue weighted by Gasteiger charge is 2.61. The molecule has 0 aromatic heterocycles. The molecule has 0 saturated carbocycles. The van der Waals surface area contributed by atoms with Crippen LogP contribution >= 0.6 is 0 Å². The maximum Gasteiger partial charge on any atom is 0.318 e. The Morgan fingerprint density at radius 3 is 1.56 bits per heavy atom. The van der Waals surface area contributed by atoms with Gasteiger partial charge in [0.2, 0.25) is 5.91 Å². The minimum atomic E-state index is -1.17. The molecule has 1 amide bonds. The number of likely N-dealkylation sites (tertiary alicyclic amines) is 1. The van der Waals surface area contributed by atoms with Crippen LogP contribution in [0.2, 0.25) is 0 Å². The minimum absolute atomic E-state index is 0.103. The summed E-state index contributed by atoms with van der Waals surface area (Å²) in [5.41, 5.74) is 2.61. The van der Waals surface area contributed by atoms with Crippen molar-refractivity contribution >= 4 is 11.9 Å². The summed E-state index contributed by atoms with van der Waals surface area (Å²) in [5, 5.41) is 9.98. The first kappa shape index (κ1) is 23.5. The number of hydrogen-bond donors (Lipinski definition) is 1. The Balaban J connectivity index is 1.64. The van der Waals surface area contributed by atoms with E-state index >= 15 is 0 Å². The molecule has 1 heterocycles. The second kappa shape index (κ2) is 10.2. The van der Waals surface area contributed by atoms with Crippen LogP contribution in [-0.2, 0) is 26.5 Å². The second-order valence-electron chi connectivity index (χ2n) is 8.90. The Hall–Kier alpha value is -4.22. The summed E-state index contributed by atoms with van der Waals surface area (Å²) < 4.78 is 6.03. The van der Waals surface area contributed by atoms with E-state index in [0.717, 1.165) is 22.3 Å². The van der Waals surface area contributed by atoms with Gasteiger partial charge in [-0.2, -0.15) is 0 Å². The molecule has 1 N–H and O–H groups in total. The van der Waals surface area contributed by atoms with Crippen LogP contribution in [0.1, 0.15) is 22.3 Å². The number of aliphatic carboxylic acids is 1. The molecular weight excluding hydrogens is 450 g/mol. The molecule has 1 fully saturated rings. The van der Waals surface area contributed by atoms with Gasteiger partial charge in [-0.3, -0.25) is 9.59 Å². The fourth-order valence-corrected chi connectivity index (χ4v) is 5.23. The zero-order valence-corrected chi connectivity index (χ0v) is 19.7. The maximum atomic E-state index is 13.7. The van der Waals surface area contributed by atoms with Crippen LogP contribution in [0.25, 0.3) is 0 Å². The van der Waals surface area contributed by atoms with Crippen LogP contribution < -0.4 is 0 Å². The Kier molecular flexibility index (Phi) is 6.65. The summed E-state index contributed by atoms with van der Waals surface area (Å²) in [4.78, 5) is 27.6. The number of benzene rings is 4. The first-order chi connectivity index (χ1) is 17.6. The molecule has 5 nitrogen and oxygen atoms in total. The van der Waals surface area contributed by atoms with Crippen LogP contribution in [0.3, 0.4) is 0 Å². The lowest BCUT2D eigenvalue weighted by Crippen LogP contribution is -2.72. The van der Waals surface area contributed by atoms with Gasteiger partial charge in [0.15, 0.2) is 5.92 Å². The quantitative estimate of drug-likeness (QED) is 0.207. The van der Waals surface area contributed by atoms with E-state index in [9.17, 15) is 14.7 Å². The van der Waals surface area contributed by atoms with E-state index in [1.54, 1.807) is 4.90 Å². The number of rotatable bonds is 9. The standard InChI is InChI=1S/C31H27NO4/c33-29-28(30(34)35)27(22-36-21-23-13-5-1-6-14-23)32(29)31(24-15-7-2-8-16-24,25-17-9-3-10-18-25)26-19-11-4-12-20-26/h1-20,27-28H,21-22H2,(H,34,35)/t27-,28-/m0/s1. The molecule has 0 aliphatic carbocycles. The van der Waals surface area contributed by atoms with Gasteiger partial charge in [-0.1, -0.05) is 121 Å².